The van der Waals surface area contributed by atoms with Crippen molar-refractivity contribution in [2.45, 2.75) is 65.5 Å². The fraction of sp³-hybridized carbons (Fsp3) is 0.800. The van der Waals surface area contributed by atoms with E-state index in [9.17, 15) is 4.79 Å². The molecule has 0 aromatic heterocycles. The van der Waals surface area contributed by atoms with Gasteiger partial charge >= 0.3 is 5.97 Å². The van der Waals surface area contributed by atoms with Crippen molar-refractivity contribution in [3.63, 3.8) is 0 Å². The molecule has 3 nitrogen and oxygen atoms in total. The van der Waals surface area contributed by atoms with Gasteiger partial charge in [-0.15, -0.1) is 0 Å². The smallest absolute Gasteiger partial charge is 0.331 e. The Kier molecular flexibility index (Phi) is 4.60. The van der Waals surface area contributed by atoms with Gasteiger partial charge in [-0.05, 0) is 66.5 Å². The van der Waals surface area contributed by atoms with Crippen LogP contribution >= 0.6 is 0 Å². The second kappa shape index (κ2) is 5.43. The molecule has 3 heteroatoms. The van der Waals surface area contributed by atoms with Gasteiger partial charge in [0.25, 0.3) is 0 Å². The lowest BCUT2D eigenvalue weighted by Crippen LogP contribution is -2.45. The molecule has 1 heterocycles. The minimum Gasteiger partial charge on any atom is -0.457 e. The van der Waals surface area contributed by atoms with Crippen molar-refractivity contribution in [1.29, 1.82) is 0 Å². The van der Waals surface area contributed by atoms with Gasteiger partial charge in [-0.3, -0.25) is 4.90 Å². The van der Waals surface area contributed by atoms with Crippen LogP contribution in [-0.4, -0.2) is 35.1 Å². The van der Waals surface area contributed by atoms with Gasteiger partial charge in [0.05, 0.1) is 0 Å². The van der Waals surface area contributed by atoms with Crippen molar-refractivity contribution in [2.75, 3.05) is 13.1 Å². The van der Waals surface area contributed by atoms with Crippen LogP contribution < -0.4 is 0 Å². The molecule has 0 unspecified atom stereocenters. The van der Waals surface area contributed by atoms with Crippen LogP contribution in [0.15, 0.2) is 11.6 Å². The highest BCUT2D eigenvalue weighted by atomic mass is 16.6. The molecule has 0 aromatic rings. The largest absolute Gasteiger partial charge is 0.457 e. The minimum absolute atomic E-state index is 0.160. The number of hydrogen-bond donors (Lipinski definition) is 0. The van der Waals surface area contributed by atoms with Crippen molar-refractivity contribution in [2.24, 2.45) is 0 Å². The summed E-state index contributed by atoms with van der Waals surface area (Å²) in [6.45, 7) is 14.3. The van der Waals surface area contributed by atoms with Crippen molar-refractivity contribution < 1.29 is 9.53 Å². The third kappa shape index (κ3) is 5.21. The minimum atomic E-state index is -0.410. The fourth-order valence-corrected chi connectivity index (χ4v) is 2.09. The third-order valence-corrected chi connectivity index (χ3v) is 3.00. The summed E-state index contributed by atoms with van der Waals surface area (Å²) in [7, 11) is 0. The summed E-state index contributed by atoms with van der Waals surface area (Å²) in [5.41, 5.74) is 0.936. The van der Waals surface area contributed by atoms with E-state index in [0.717, 1.165) is 25.9 Å². The molecular formula is C15H27NO2. The van der Waals surface area contributed by atoms with E-state index in [4.69, 9.17) is 4.74 Å². The summed E-state index contributed by atoms with van der Waals surface area (Å²) in [6.07, 6.45) is 3.81. The number of hydrogen-bond acceptors (Lipinski definition) is 3. The maximum atomic E-state index is 11.8. The average molecular weight is 253 g/mol. The van der Waals surface area contributed by atoms with E-state index in [1.165, 1.54) is 5.57 Å². The van der Waals surface area contributed by atoms with Gasteiger partial charge in [-0.2, -0.15) is 0 Å². The van der Waals surface area contributed by atoms with E-state index < -0.39 is 5.60 Å². The molecule has 0 bridgehead atoms. The molecular weight excluding hydrogens is 226 g/mol. The molecule has 0 aliphatic carbocycles. The second-order valence-electron chi connectivity index (χ2n) is 7.03. The zero-order chi connectivity index (χ0) is 14.0. The van der Waals surface area contributed by atoms with Crippen LogP contribution in [0.2, 0.25) is 0 Å². The molecule has 0 saturated carbocycles. The fourth-order valence-electron chi connectivity index (χ4n) is 2.09. The Morgan fingerprint density at radius 3 is 2.33 bits per heavy atom. The van der Waals surface area contributed by atoms with Crippen molar-refractivity contribution >= 4 is 5.97 Å². The van der Waals surface area contributed by atoms with Crippen molar-refractivity contribution in [3.8, 4) is 0 Å². The van der Waals surface area contributed by atoms with Gasteiger partial charge in [-0.25, -0.2) is 4.79 Å². The van der Waals surface area contributed by atoms with E-state index in [1.807, 2.05) is 20.8 Å². The quantitative estimate of drug-likeness (QED) is 0.531. The Morgan fingerprint density at radius 2 is 1.83 bits per heavy atom. The van der Waals surface area contributed by atoms with Crippen LogP contribution in [0.4, 0.5) is 0 Å². The molecule has 1 saturated heterocycles. The van der Waals surface area contributed by atoms with Crippen LogP contribution in [0, 0.1) is 0 Å². The number of ether oxygens (including phenoxy) is 1. The van der Waals surface area contributed by atoms with Crippen molar-refractivity contribution in [1.82, 2.24) is 4.90 Å². The monoisotopic (exact) mass is 253 g/mol. The Morgan fingerprint density at radius 1 is 1.22 bits per heavy atom. The maximum absolute atomic E-state index is 11.8. The second-order valence-corrected chi connectivity index (χ2v) is 7.03. The highest BCUT2D eigenvalue weighted by Gasteiger charge is 2.25. The number of carbonyl (C=O) groups is 1. The summed E-state index contributed by atoms with van der Waals surface area (Å²) in [4.78, 5) is 14.2. The molecule has 1 aliphatic heterocycles. The number of esters is 1. The predicted molar refractivity (Wildman–Crippen MR) is 74.5 cm³/mol. The Labute approximate surface area is 111 Å². The third-order valence-electron chi connectivity index (χ3n) is 3.00. The van der Waals surface area contributed by atoms with Crippen LogP contribution in [0.3, 0.4) is 0 Å². The molecule has 0 atom stereocenters. The van der Waals surface area contributed by atoms with Crippen LogP contribution in [0.25, 0.3) is 0 Å². The lowest BCUT2D eigenvalue weighted by atomic mass is 9.97. The molecule has 0 radical (unpaired) electrons. The molecule has 0 aromatic carbocycles. The summed E-state index contributed by atoms with van der Waals surface area (Å²) in [6, 6.07) is 0. The molecule has 1 fully saturated rings. The maximum Gasteiger partial charge on any atom is 0.331 e. The zero-order valence-electron chi connectivity index (χ0n) is 12.7. The van der Waals surface area contributed by atoms with Gasteiger partial charge in [0, 0.05) is 18.2 Å². The van der Waals surface area contributed by atoms with Gasteiger partial charge in [-0.1, -0.05) is 0 Å². The van der Waals surface area contributed by atoms with E-state index in [-0.39, 0.29) is 11.5 Å². The van der Waals surface area contributed by atoms with E-state index in [1.54, 1.807) is 6.08 Å². The first-order valence-electron chi connectivity index (χ1n) is 6.75. The normalized spacial score (nSPS) is 21.1. The zero-order valence-corrected chi connectivity index (χ0v) is 12.7. The summed E-state index contributed by atoms with van der Waals surface area (Å²) in [5, 5.41) is 0. The molecule has 0 N–H and O–H groups in total. The molecule has 0 spiro atoms. The van der Waals surface area contributed by atoms with Gasteiger partial charge in [0.1, 0.15) is 5.60 Å². The van der Waals surface area contributed by atoms with E-state index in [2.05, 4.69) is 25.7 Å². The Hall–Kier alpha value is -0.830. The summed E-state index contributed by atoms with van der Waals surface area (Å²) < 4.78 is 5.33. The molecule has 104 valence electrons. The van der Waals surface area contributed by atoms with Crippen LogP contribution in [-0.2, 0) is 9.53 Å². The van der Waals surface area contributed by atoms with Gasteiger partial charge in [0.15, 0.2) is 0 Å². The first-order chi connectivity index (χ1) is 8.08. The summed E-state index contributed by atoms with van der Waals surface area (Å²) in [5.74, 6) is -0.215. The van der Waals surface area contributed by atoms with E-state index >= 15 is 0 Å². The number of piperidine rings is 1. The lowest BCUT2D eigenvalue weighted by molar-refractivity contribution is -0.148. The Bertz CT molecular complexity index is 331. The van der Waals surface area contributed by atoms with E-state index in [0.29, 0.717) is 0 Å². The average Bonchev–Trinajstić information content (AvgIpc) is 2.13. The summed E-state index contributed by atoms with van der Waals surface area (Å²) >= 11 is 0. The Balaban J connectivity index is 2.64. The molecule has 0 amide bonds. The number of rotatable bonds is 1. The molecule has 1 aliphatic rings. The number of likely N-dealkylation sites (tertiary alicyclic amines) is 1. The number of carbonyl (C=O) groups excluding carboxylic acids is 1. The standard InChI is InChI=1S/C15H27NO2/c1-14(2,3)16-9-7-8-12(11-16)10-13(17)18-15(4,5)6/h10H,7-9,11H2,1-6H3. The highest BCUT2D eigenvalue weighted by molar-refractivity contribution is 5.83. The molecule has 18 heavy (non-hydrogen) atoms. The number of nitrogens with zero attached hydrogens (tertiary/aromatic N) is 1. The van der Waals surface area contributed by atoms with Crippen molar-refractivity contribution in [3.05, 3.63) is 11.6 Å². The van der Waals surface area contributed by atoms with Crippen LogP contribution in [0.1, 0.15) is 54.4 Å². The first kappa shape index (κ1) is 15.2. The van der Waals surface area contributed by atoms with Gasteiger partial charge < -0.3 is 4.74 Å². The first-order valence-corrected chi connectivity index (χ1v) is 6.75. The lowest BCUT2D eigenvalue weighted by Gasteiger charge is -2.39. The SMILES string of the molecule is CC(C)(C)OC(=O)C=C1CCCN(C(C)(C)C)C1. The highest BCUT2D eigenvalue weighted by Crippen LogP contribution is 2.23. The topological polar surface area (TPSA) is 29.5 Å². The van der Waals surface area contributed by atoms with Gasteiger partial charge in [0.2, 0.25) is 0 Å². The predicted octanol–water partition coefficient (Wildman–Crippen LogP) is 3.15. The molecule has 1 rings (SSSR count). The van der Waals surface area contributed by atoms with Crippen LogP contribution in [0.5, 0.6) is 0 Å².